The van der Waals surface area contributed by atoms with Crippen LogP contribution in [0.4, 0.5) is 5.69 Å². The van der Waals surface area contributed by atoms with Crippen molar-refractivity contribution in [3.05, 3.63) is 78.4 Å². The van der Waals surface area contributed by atoms with Crippen LogP contribution in [0.25, 0.3) is 10.8 Å². The first kappa shape index (κ1) is 16.2. The SMILES string of the molecule is C[C@@H](C(=O)N(C)c1ccccc1)[C@H](O)c1ccc2ccccc2c1. The van der Waals surface area contributed by atoms with E-state index in [2.05, 4.69) is 0 Å². The van der Waals surface area contributed by atoms with Crippen molar-refractivity contribution in [2.24, 2.45) is 5.92 Å². The van der Waals surface area contributed by atoms with Crippen LogP contribution in [-0.4, -0.2) is 18.1 Å². The van der Waals surface area contributed by atoms with Gasteiger partial charge in [-0.2, -0.15) is 0 Å². The van der Waals surface area contributed by atoms with Gasteiger partial charge in [0.2, 0.25) is 5.91 Å². The first-order valence-corrected chi connectivity index (χ1v) is 8.07. The summed E-state index contributed by atoms with van der Waals surface area (Å²) in [6.45, 7) is 1.77. The Hall–Kier alpha value is -2.65. The number of nitrogens with zero attached hydrogens (tertiary/aromatic N) is 1. The van der Waals surface area contributed by atoms with E-state index in [1.807, 2.05) is 72.8 Å². The van der Waals surface area contributed by atoms with Crippen LogP contribution in [-0.2, 0) is 4.79 Å². The third-order valence-corrected chi connectivity index (χ3v) is 4.45. The maximum absolute atomic E-state index is 12.7. The Bertz CT molecular complexity index is 845. The minimum absolute atomic E-state index is 0.109. The first-order chi connectivity index (χ1) is 11.6. The number of carbonyl (C=O) groups is 1. The molecule has 0 aliphatic heterocycles. The summed E-state index contributed by atoms with van der Waals surface area (Å²) in [5.74, 6) is -0.641. The molecule has 3 aromatic rings. The summed E-state index contributed by atoms with van der Waals surface area (Å²) in [4.78, 5) is 14.3. The predicted molar refractivity (Wildman–Crippen MR) is 97.9 cm³/mol. The van der Waals surface area contributed by atoms with Gasteiger partial charge in [0.25, 0.3) is 0 Å². The minimum atomic E-state index is -0.840. The zero-order chi connectivity index (χ0) is 17.1. The molecule has 0 radical (unpaired) electrons. The van der Waals surface area contributed by atoms with Crippen LogP contribution in [0.2, 0.25) is 0 Å². The van der Waals surface area contributed by atoms with Gasteiger partial charge in [0.1, 0.15) is 0 Å². The Balaban J connectivity index is 1.82. The quantitative estimate of drug-likeness (QED) is 0.784. The van der Waals surface area contributed by atoms with Crippen LogP contribution in [0.1, 0.15) is 18.6 Å². The molecule has 1 amide bonds. The van der Waals surface area contributed by atoms with Crippen LogP contribution in [0.3, 0.4) is 0 Å². The Morgan fingerprint density at radius 1 is 0.917 bits per heavy atom. The van der Waals surface area contributed by atoms with E-state index in [-0.39, 0.29) is 5.91 Å². The number of aliphatic hydroxyl groups is 1. The van der Waals surface area contributed by atoms with Gasteiger partial charge in [0.15, 0.2) is 0 Å². The van der Waals surface area contributed by atoms with E-state index in [4.69, 9.17) is 0 Å². The van der Waals surface area contributed by atoms with E-state index in [1.165, 1.54) is 0 Å². The highest BCUT2D eigenvalue weighted by atomic mass is 16.3. The van der Waals surface area contributed by atoms with E-state index < -0.39 is 12.0 Å². The molecule has 24 heavy (non-hydrogen) atoms. The molecule has 0 bridgehead atoms. The van der Waals surface area contributed by atoms with Crippen molar-refractivity contribution in [3.63, 3.8) is 0 Å². The molecule has 0 spiro atoms. The van der Waals surface area contributed by atoms with Gasteiger partial charge in [0.05, 0.1) is 12.0 Å². The van der Waals surface area contributed by atoms with Gasteiger partial charge in [-0.3, -0.25) is 4.79 Å². The van der Waals surface area contributed by atoms with Crippen LogP contribution in [0.5, 0.6) is 0 Å². The van der Waals surface area contributed by atoms with Crippen molar-refractivity contribution in [2.45, 2.75) is 13.0 Å². The number of hydrogen-bond donors (Lipinski definition) is 1. The normalized spacial score (nSPS) is 13.5. The summed E-state index contributed by atoms with van der Waals surface area (Å²) in [6, 6.07) is 23.3. The van der Waals surface area contributed by atoms with Gasteiger partial charge in [-0.15, -0.1) is 0 Å². The zero-order valence-electron chi connectivity index (χ0n) is 13.9. The van der Waals surface area contributed by atoms with Crippen molar-refractivity contribution in [1.82, 2.24) is 0 Å². The molecule has 3 heteroatoms. The molecule has 2 atom stereocenters. The van der Waals surface area contributed by atoms with Crippen molar-refractivity contribution in [2.75, 3.05) is 11.9 Å². The Kier molecular flexibility index (Phi) is 4.63. The van der Waals surface area contributed by atoms with E-state index in [1.54, 1.807) is 18.9 Å². The number of amides is 1. The fraction of sp³-hybridized carbons (Fsp3) is 0.190. The summed E-state index contributed by atoms with van der Waals surface area (Å²) in [7, 11) is 1.74. The molecule has 3 nitrogen and oxygen atoms in total. The summed E-state index contributed by atoms with van der Waals surface area (Å²) in [5.41, 5.74) is 1.58. The fourth-order valence-electron chi connectivity index (χ4n) is 2.90. The van der Waals surface area contributed by atoms with Gasteiger partial charge in [0, 0.05) is 12.7 Å². The second kappa shape index (κ2) is 6.85. The third-order valence-electron chi connectivity index (χ3n) is 4.45. The highest BCUT2D eigenvalue weighted by molar-refractivity contribution is 5.94. The molecule has 0 aliphatic rings. The summed E-state index contributed by atoms with van der Waals surface area (Å²) >= 11 is 0. The van der Waals surface area contributed by atoms with Gasteiger partial charge in [-0.05, 0) is 34.5 Å². The van der Waals surface area contributed by atoms with Crippen molar-refractivity contribution >= 4 is 22.4 Å². The summed E-state index contributed by atoms with van der Waals surface area (Å²) < 4.78 is 0. The van der Waals surface area contributed by atoms with E-state index in [0.717, 1.165) is 22.0 Å². The lowest BCUT2D eigenvalue weighted by Crippen LogP contribution is -2.34. The number of fused-ring (bicyclic) bond motifs is 1. The van der Waals surface area contributed by atoms with Crippen molar-refractivity contribution in [1.29, 1.82) is 0 Å². The highest BCUT2D eigenvalue weighted by Gasteiger charge is 2.26. The minimum Gasteiger partial charge on any atom is -0.388 e. The topological polar surface area (TPSA) is 40.5 Å². The number of rotatable bonds is 4. The first-order valence-electron chi connectivity index (χ1n) is 8.07. The molecule has 1 N–H and O–H groups in total. The second-order valence-electron chi connectivity index (χ2n) is 6.07. The lowest BCUT2D eigenvalue weighted by atomic mass is 9.94. The smallest absolute Gasteiger partial charge is 0.232 e. The number of carbonyl (C=O) groups excluding carboxylic acids is 1. The van der Waals surface area contributed by atoms with E-state index in [0.29, 0.717) is 0 Å². The van der Waals surface area contributed by atoms with Crippen molar-refractivity contribution in [3.8, 4) is 0 Å². The molecule has 0 heterocycles. The molecule has 3 aromatic carbocycles. The highest BCUT2D eigenvalue weighted by Crippen LogP contribution is 2.27. The standard InChI is InChI=1S/C21H21NO2/c1-15(21(24)22(2)19-10-4-3-5-11-19)20(23)18-13-12-16-8-6-7-9-17(16)14-18/h3-15,20,23H,1-2H3/t15-,20+/m1/s1. The summed E-state index contributed by atoms with van der Waals surface area (Å²) in [6.07, 6.45) is -0.840. The van der Waals surface area contributed by atoms with Crippen LogP contribution in [0, 0.1) is 5.92 Å². The Labute approximate surface area is 142 Å². The lowest BCUT2D eigenvalue weighted by Gasteiger charge is -2.25. The fourth-order valence-corrected chi connectivity index (χ4v) is 2.90. The van der Waals surface area contributed by atoms with Gasteiger partial charge in [-0.25, -0.2) is 0 Å². The maximum Gasteiger partial charge on any atom is 0.232 e. The van der Waals surface area contributed by atoms with Gasteiger partial charge in [-0.1, -0.05) is 61.5 Å². The number of benzene rings is 3. The van der Waals surface area contributed by atoms with Gasteiger partial charge < -0.3 is 10.0 Å². The number of anilines is 1. The lowest BCUT2D eigenvalue weighted by molar-refractivity contribution is -0.125. The molecule has 0 unspecified atom stereocenters. The monoisotopic (exact) mass is 319 g/mol. The van der Waals surface area contributed by atoms with Crippen LogP contribution < -0.4 is 4.90 Å². The molecular weight excluding hydrogens is 298 g/mol. The maximum atomic E-state index is 12.7. The number of hydrogen-bond acceptors (Lipinski definition) is 2. The average Bonchev–Trinajstić information content (AvgIpc) is 2.66. The molecule has 3 rings (SSSR count). The zero-order valence-corrected chi connectivity index (χ0v) is 13.9. The molecule has 122 valence electrons. The molecule has 0 aliphatic carbocycles. The molecular formula is C21H21NO2. The molecule has 0 fully saturated rings. The average molecular weight is 319 g/mol. The van der Waals surface area contributed by atoms with E-state index >= 15 is 0 Å². The largest absolute Gasteiger partial charge is 0.388 e. The number of aliphatic hydroxyl groups excluding tert-OH is 1. The summed E-state index contributed by atoms with van der Waals surface area (Å²) in [5, 5.41) is 12.8. The molecule has 0 saturated carbocycles. The third kappa shape index (κ3) is 3.17. The number of para-hydroxylation sites is 1. The Morgan fingerprint density at radius 2 is 1.54 bits per heavy atom. The molecule has 0 aromatic heterocycles. The predicted octanol–water partition coefficient (Wildman–Crippen LogP) is 4.17. The van der Waals surface area contributed by atoms with Gasteiger partial charge >= 0.3 is 0 Å². The van der Waals surface area contributed by atoms with Crippen LogP contribution >= 0.6 is 0 Å². The Morgan fingerprint density at radius 3 is 2.25 bits per heavy atom. The van der Waals surface area contributed by atoms with Crippen LogP contribution in [0.15, 0.2) is 72.8 Å². The second-order valence-corrected chi connectivity index (χ2v) is 6.07. The van der Waals surface area contributed by atoms with E-state index in [9.17, 15) is 9.90 Å². The molecule has 0 saturated heterocycles. The van der Waals surface area contributed by atoms with Crippen molar-refractivity contribution < 1.29 is 9.90 Å².